The van der Waals surface area contributed by atoms with Crippen LogP contribution < -0.4 is 10.1 Å². The van der Waals surface area contributed by atoms with E-state index in [1.807, 2.05) is 13.8 Å². The van der Waals surface area contributed by atoms with E-state index in [1.54, 1.807) is 18.2 Å². The molecule has 0 radical (unpaired) electrons. The monoisotopic (exact) mass is 306 g/mol. The lowest BCUT2D eigenvalue weighted by Crippen LogP contribution is -2.13. The first-order valence-electron chi connectivity index (χ1n) is 6.39. The highest BCUT2D eigenvalue weighted by atomic mass is 35.5. The first-order valence-corrected chi connectivity index (χ1v) is 6.76. The third-order valence-electron chi connectivity index (χ3n) is 2.57. The molecule has 0 fully saturated rings. The predicted octanol–water partition coefficient (Wildman–Crippen LogP) is 3.48. The molecule has 0 aliphatic rings. The van der Waals surface area contributed by atoms with E-state index in [2.05, 4.69) is 10.3 Å². The second-order valence-electron chi connectivity index (χ2n) is 4.65. The lowest BCUT2D eigenvalue weighted by atomic mass is 10.2. The van der Waals surface area contributed by atoms with Gasteiger partial charge < -0.3 is 15.2 Å². The Kier molecular flexibility index (Phi) is 4.65. The normalized spacial score (nSPS) is 10.5. The molecule has 1 aromatic carbocycles. The fourth-order valence-corrected chi connectivity index (χ4v) is 1.84. The van der Waals surface area contributed by atoms with E-state index >= 15 is 0 Å². The number of hydrogen-bond acceptors (Lipinski definition) is 4. The molecule has 0 saturated heterocycles. The van der Waals surface area contributed by atoms with Crippen LogP contribution in [0.25, 0.3) is 0 Å². The van der Waals surface area contributed by atoms with Gasteiger partial charge in [0.2, 0.25) is 5.88 Å². The van der Waals surface area contributed by atoms with Crippen LogP contribution in [0.2, 0.25) is 5.02 Å². The maximum absolute atomic E-state index is 12.1. The first kappa shape index (κ1) is 15.1. The lowest BCUT2D eigenvalue weighted by molar-refractivity contribution is 0.102. The third kappa shape index (κ3) is 3.86. The third-order valence-corrected chi connectivity index (χ3v) is 2.84. The van der Waals surface area contributed by atoms with Gasteiger partial charge in [0.15, 0.2) is 0 Å². The molecule has 2 aromatic rings. The van der Waals surface area contributed by atoms with Crippen molar-refractivity contribution >= 4 is 23.2 Å². The van der Waals surface area contributed by atoms with Gasteiger partial charge >= 0.3 is 0 Å². The topological polar surface area (TPSA) is 71.5 Å². The van der Waals surface area contributed by atoms with E-state index in [9.17, 15) is 9.90 Å². The second-order valence-corrected chi connectivity index (χ2v) is 5.06. The molecule has 1 heterocycles. The zero-order chi connectivity index (χ0) is 15.4. The van der Waals surface area contributed by atoms with Crippen LogP contribution in [0.4, 0.5) is 5.69 Å². The molecule has 1 aromatic heterocycles. The summed E-state index contributed by atoms with van der Waals surface area (Å²) in [6.07, 6.45) is 1.31. The van der Waals surface area contributed by atoms with Crippen LogP contribution in [-0.2, 0) is 0 Å². The highest BCUT2D eigenvalue weighted by molar-refractivity contribution is 6.32. The van der Waals surface area contributed by atoms with Crippen molar-refractivity contribution in [2.24, 2.45) is 0 Å². The number of rotatable bonds is 4. The van der Waals surface area contributed by atoms with Crippen LogP contribution in [0.15, 0.2) is 36.5 Å². The van der Waals surface area contributed by atoms with Crippen molar-refractivity contribution in [1.29, 1.82) is 0 Å². The Bertz CT molecular complexity index is 659. The van der Waals surface area contributed by atoms with Crippen molar-refractivity contribution in [3.8, 4) is 11.6 Å². The van der Waals surface area contributed by atoms with Crippen molar-refractivity contribution in [3.05, 3.63) is 47.1 Å². The molecule has 6 heteroatoms. The van der Waals surface area contributed by atoms with E-state index in [4.69, 9.17) is 16.3 Å². The van der Waals surface area contributed by atoms with Crippen LogP contribution in [-0.4, -0.2) is 22.1 Å². The van der Waals surface area contributed by atoms with Gasteiger partial charge in [0.1, 0.15) is 10.8 Å². The molecule has 0 bridgehead atoms. The average molecular weight is 307 g/mol. The summed E-state index contributed by atoms with van der Waals surface area (Å²) in [5.41, 5.74) is 0.598. The number of aromatic nitrogens is 1. The number of phenolic OH excluding ortho intramolecular Hbond substituents is 1. The summed E-state index contributed by atoms with van der Waals surface area (Å²) in [5, 5.41) is 12.5. The number of ether oxygens (including phenoxy) is 1. The molecule has 0 aliphatic carbocycles. The van der Waals surface area contributed by atoms with Crippen LogP contribution in [0.5, 0.6) is 11.6 Å². The van der Waals surface area contributed by atoms with Gasteiger partial charge in [-0.2, -0.15) is 0 Å². The average Bonchev–Trinajstić information content (AvgIpc) is 2.43. The number of aromatic hydroxyl groups is 1. The first-order chi connectivity index (χ1) is 9.97. The van der Waals surface area contributed by atoms with Crippen LogP contribution >= 0.6 is 11.6 Å². The minimum atomic E-state index is -0.415. The Hall–Kier alpha value is -2.27. The van der Waals surface area contributed by atoms with Gasteiger partial charge in [-0.3, -0.25) is 4.79 Å². The van der Waals surface area contributed by atoms with Gasteiger partial charge in [-0.15, -0.1) is 0 Å². The Morgan fingerprint density at radius 2 is 2.10 bits per heavy atom. The fourth-order valence-electron chi connectivity index (χ4n) is 1.63. The second kappa shape index (κ2) is 6.45. The summed E-state index contributed by atoms with van der Waals surface area (Å²) in [7, 11) is 0. The van der Waals surface area contributed by atoms with Gasteiger partial charge in [0, 0.05) is 6.20 Å². The molecule has 1 amide bonds. The molecule has 110 valence electrons. The minimum Gasteiger partial charge on any atom is -0.506 e. The molecule has 0 atom stereocenters. The number of hydrogen-bond donors (Lipinski definition) is 2. The van der Waals surface area contributed by atoms with E-state index in [1.165, 1.54) is 18.3 Å². The van der Waals surface area contributed by atoms with Crippen molar-refractivity contribution in [2.75, 3.05) is 5.32 Å². The lowest BCUT2D eigenvalue weighted by Gasteiger charge is -2.11. The molecule has 0 spiro atoms. The van der Waals surface area contributed by atoms with Crippen molar-refractivity contribution in [1.82, 2.24) is 4.98 Å². The molecular formula is C15H15ClN2O3. The number of phenols is 1. The summed E-state index contributed by atoms with van der Waals surface area (Å²) < 4.78 is 5.40. The van der Waals surface area contributed by atoms with Gasteiger partial charge in [0.05, 0.1) is 17.4 Å². The highest BCUT2D eigenvalue weighted by Gasteiger charge is 2.13. The van der Waals surface area contributed by atoms with Gasteiger partial charge in [0.25, 0.3) is 5.91 Å². The van der Waals surface area contributed by atoms with Gasteiger partial charge in [-0.25, -0.2) is 4.98 Å². The summed E-state index contributed by atoms with van der Waals surface area (Å²) in [6, 6.07) is 7.93. The highest BCUT2D eigenvalue weighted by Crippen LogP contribution is 2.25. The number of halogens is 1. The molecular weight excluding hydrogens is 292 g/mol. The standard InChI is InChI=1S/C15H15ClN2O3/c1-9(2)21-15-11(16)7-10(8-17-15)14(20)18-12-5-3-4-6-13(12)19/h3-9,19H,1-2H3,(H,18,20). The molecule has 0 unspecified atom stereocenters. The summed E-state index contributed by atoms with van der Waals surface area (Å²) >= 11 is 6.03. The molecule has 2 rings (SSSR count). The molecule has 5 nitrogen and oxygen atoms in total. The quantitative estimate of drug-likeness (QED) is 0.848. The maximum Gasteiger partial charge on any atom is 0.257 e. The zero-order valence-electron chi connectivity index (χ0n) is 11.6. The van der Waals surface area contributed by atoms with E-state index in [0.717, 1.165) is 0 Å². The van der Waals surface area contributed by atoms with Crippen LogP contribution in [0.1, 0.15) is 24.2 Å². The zero-order valence-corrected chi connectivity index (χ0v) is 12.4. The molecule has 0 saturated carbocycles. The van der Waals surface area contributed by atoms with Gasteiger partial charge in [-0.05, 0) is 32.0 Å². The minimum absolute atomic E-state index is 0.00957. The van der Waals surface area contributed by atoms with Crippen LogP contribution in [0.3, 0.4) is 0 Å². The SMILES string of the molecule is CC(C)Oc1ncc(C(=O)Nc2ccccc2O)cc1Cl. The Balaban J connectivity index is 2.17. The number of carbonyl (C=O) groups is 1. The number of para-hydroxylation sites is 2. The number of carbonyl (C=O) groups excluding carboxylic acids is 1. The smallest absolute Gasteiger partial charge is 0.257 e. The van der Waals surface area contributed by atoms with E-state index in [0.29, 0.717) is 5.69 Å². The van der Waals surface area contributed by atoms with Crippen molar-refractivity contribution in [3.63, 3.8) is 0 Å². The number of nitrogens with zero attached hydrogens (tertiary/aromatic N) is 1. The largest absolute Gasteiger partial charge is 0.506 e. The van der Waals surface area contributed by atoms with E-state index in [-0.39, 0.29) is 28.3 Å². The Morgan fingerprint density at radius 1 is 1.38 bits per heavy atom. The summed E-state index contributed by atoms with van der Waals surface area (Å²) in [4.78, 5) is 16.1. The summed E-state index contributed by atoms with van der Waals surface area (Å²) in [6.45, 7) is 3.72. The summed E-state index contributed by atoms with van der Waals surface area (Å²) in [5.74, 6) is -0.141. The Labute approximate surface area is 127 Å². The van der Waals surface area contributed by atoms with Crippen molar-refractivity contribution < 1.29 is 14.6 Å². The van der Waals surface area contributed by atoms with Crippen LogP contribution in [0, 0.1) is 0 Å². The number of pyridine rings is 1. The predicted molar refractivity (Wildman–Crippen MR) is 81.1 cm³/mol. The Morgan fingerprint density at radius 3 is 2.71 bits per heavy atom. The molecule has 0 aliphatic heterocycles. The van der Waals surface area contributed by atoms with E-state index < -0.39 is 5.91 Å². The van der Waals surface area contributed by atoms with Gasteiger partial charge in [-0.1, -0.05) is 23.7 Å². The maximum atomic E-state index is 12.1. The number of anilines is 1. The fraction of sp³-hybridized carbons (Fsp3) is 0.200. The number of benzene rings is 1. The number of nitrogens with one attached hydrogen (secondary N) is 1. The number of amides is 1. The van der Waals surface area contributed by atoms with Crippen molar-refractivity contribution in [2.45, 2.75) is 20.0 Å². The molecule has 2 N–H and O–H groups in total. The molecule has 21 heavy (non-hydrogen) atoms.